The molecule has 0 amide bonds. The number of hydrogen-bond donors (Lipinski definition) is 1. The van der Waals surface area contributed by atoms with Gasteiger partial charge in [-0.05, 0) is 6.07 Å². The number of rotatable bonds is 5. The number of halogens is 1. The monoisotopic (exact) mass is 243 g/mol. The van der Waals surface area contributed by atoms with Crippen molar-refractivity contribution in [3.63, 3.8) is 0 Å². The van der Waals surface area contributed by atoms with Gasteiger partial charge in [-0.1, -0.05) is 0 Å². The Morgan fingerprint density at radius 1 is 1.69 bits per heavy atom. The quantitative estimate of drug-likeness (QED) is 0.477. The zero-order chi connectivity index (χ0) is 12.1. The molecule has 0 atom stereocenters. The fourth-order valence-electron chi connectivity index (χ4n) is 1.35. The maximum absolute atomic E-state index is 10.9. The number of methoxy groups -OCH3 is 1. The van der Waals surface area contributed by atoms with Crippen LogP contribution in [0.5, 0.6) is 5.75 Å². The molecule has 6 heteroatoms. The number of aryl methyl sites for hydroxylation is 1. The summed E-state index contributed by atoms with van der Waals surface area (Å²) in [4.78, 5) is 21.5. The van der Waals surface area contributed by atoms with Crippen LogP contribution in [0.3, 0.4) is 0 Å². The molecule has 0 aliphatic heterocycles. The summed E-state index contributed by atoms with van der Waals surface area (Å²) in [5.74, 6) is 0.669. The molecule has 1 rings (SSSR count). The van der Waals surface area contributed by atoms with Gasteiger partial charge in [-0.15, -0.1) is 11.6 Å². The Morgan fingerprint density at radius 3 is 2.81 bits per heavy atom. The first-order valence-corrected chi connectivity index (χ1v) is 4.97. The number of alkyl halides is 1. The summed E-state index contributed by atoms with van der Waals surface area (Å²) < 4.78 is 6.52. The summed E-state index contributed by atoms with van der Waals surface area (Å²) in [7, 11) is 1.40. The van der Waals surface area contributed by atoms with Gasteiger partial charge in [0.1, 0.15) is 17.4 Å². The first-order valence-electron chi connectivity index (χ1n) is 4.43. The van der Waals surface area contributed by atoms with E-state index < -0.39 is 11.5 Å². The molecule has 0 fully saturated rings. The van der Waals surface area contributed by atoms with Crippen LogP contribution >= 0.6 is 11.6 Å². The highest BCUT2D eigenvalue weighted by molar-refractivity contribution is 6.24. The fraction of sp³-hybridized carbons (Fsp3) is 0.300. The molecule has 0 spiro atoms. The van der Waals surface area contributed by atoms with E-state index in [2.05, 4.69) is 0 Å². The molecule has 0 aliphatic carbocycles. The summed E-state index contributed by atoms with van der Waals surface area (Å²) in [6.07, 6.45) is 1.61. The molecule has 1 aromatic heterocycles. The van der Waals surface area contributed by atoms with Gasteiger partial charge in [0.15, 0.2) is 5.57 Å². The van der Waals surface area contributed by atoms with Crippen molar-refractivity contribution in [2.45, 2.75) is 6.54 Å². The third kappa shape index (κ3) is 2.27. The average molecular weight is 244 g/mol. The normalized spacial score (nSPS) is 9.62. The van der Waals surface area contributed by atoms with Crippen LogP contribution in [0.15, 0.2) is 12.3 Å². The van der Waals surface area contributed by atoms with Crippen molar-refractivity contribution >= 4 is 29.1 Å². The Bertz CT molecular complexity index is 446. The van der Waals surface area contributed by atoms with Crippen LogP contribution < -0.4 is 4.74 Å². The first kappa shape index (κ1) is 12.4. The van der Waals surface area contributed by atoms with Crippen LogP contribution in [0.4, 0.5) is 0 Å². The number of ether oxygens (including phenoxy) is 1. The third-order valence-electron chi connectivity index (χ3n) is 2.02. The summed E-state index contributed by atoms with van der Waals surface area (Å²) in [5.41, 5.74) is -0.280. The smallest absolute Gasteiger partial charge is 0.349 e. The molecule has 1 aromatic rings. The number of carboxylic acid groups (broad SMARTS) is 1. The second kappa shape index (κ2) is 5.39. The summed E-state index contributed by atoms with van der Waals surface area (Å²) in [6, 6.07) is 1.57. The minimum absolute atomic E-state index is 0.186. The topological polar surface area (TPSA) is 68.5 Å². The van der Waals surface area contributed by atoms with Crippen molar-refractivity contribution in [1.82, 2.24) is 4.57 Å². The Labute approximate surface area is 96.9 Å². The van der Waals surface area contributed by atoms with Gasteiger partial charge in [0.2, 0.25) is 0 Å². The number of carbonyl (C=O) groups excluding carboxylic acids is 1. The molecule has 0 unspecified atom stereocenters. The lowest BCUT2D eigenvalue weighted by molar-refractivity contribution is -0.130. The van der Waals surface area contributed by atoms with E-state index in [0.29, 0.717) is 18.2 Å². The van der Waals surface area contributed by atoms with Gasteiger partial charge in [0.25, 0.3) is 0 Å². The zero-order valence-electron chi connectivity index (χ0n) is 8.57. The Morgan fingerprint density at radius 2 is 2.38 bits per heavy atom. The number of hydrogen-bond acceptors (Lipinski definition) is 3. The molecule has 16 heavy (non-hydrogen) atoms. The van der Waals surface area contributed by atoms with E-state index in [1.165, 1.54) is 13.1 Å². The van der Waals surface area contributed by atoms with Gasteiger partial charge in [0, 0.05) is 18.6 Å². The van der Waals surface area contributed by atoms with Crippen LogP contribution in [0.2, 0.25) is 0 Å². The van der Waals surface area contributed by atoms with Crippen molar-refractivity contribution in [2.24, 2.45) is 0 Å². The molecule has 86 valence electrons. The standard InChI is InChI=1S/C10H10ClNO4/c1-16-8-2-4-12(5-3-11)9(8)7(6-13)10(14)15/h2,4H,3,5H2,1H3,(H,14,15). The summed E-state index contributed by atoms with van der Waals surface area (Å²) >= 11 is 5.57. The van der Waals surface area contributed by atoms with E-state index in [4.69, 9.17) is 21.4 Å². The van der Waals surface area contributed by atoms with Crippen LogP contribution in [-0.2, 0) is 16.1 Å². The van der Waals surface area contributed by atoms with Crippen LogP contribution in [0, 0.1) is 0 Å². The molecule has 0 aromatic carbocycles. The van der Waals surface area contributed by atoms with E-state index in [1.807, 2.05) is 0 Å². The Hall–Kier alpha value is -1.71. The zero-order valence-corrected chi connectivity index (χ0v) is 9.32. The number of carbonyl (C=O) groups is 1. The second-order valence-corrected chi connectivity index (χ2v) is 3.28. The van der Waals surface area contributed by atoms with Crippen molar-refractivity contribution in [3.05, 3.63) is 18.0 Å². The van der Waals surface area contributed by atoms with Crippen molar-refractivity contribution in [2.75, 3.05) is 13.0 Å². The third-order valence-corrected chi connectivity index (χ3v) is 2.19. The van der Waals surface area contributed by atoms with Gasteiger partial charge in [-0.25, -0.2) is 9.59 Å². The lowest BCUT2D eigenvalue weighted by Crippen LogP contribution is -2.09. The van der Waals surface area contributed by atoms with Gasteiger partial charge in [0.05, 0.1) is 7.11 Å². The molecule has 0 saturated carbocycles. The molecule has 0 saturated heterocycles. The minimum atomic E-state index is -1.34. The average Bonchev–Trinajstić information content (AvgIpc) is 2.63. The van der Waals surface area contributed by atoms with Crippen molar-refractivity contribution < 1.29 is 19.4 Å². The maximum atomic E-state index is 10.9. The largest absolute Gasteiger partial charge is 0.494 e. The highest BCUT2D eigenvalue weighted by atomic mass is 35.5. The van der Waals surface area contributed by atoms with Crippen LogP contribution in [0.1, 0.15) is 5.69 Å². The molecule has 0 aliphatic rings. The van der Waals surface area contributed by atoms with E-state index in [9.17, 15) is 9.59 Å². The highest BCUT2D eigenvalue weighted by Gasteiger charge is 2.21. The summed E-state index contributed by atoms with van der Waals surface area (Å²) in [6.45, 7) is 0.388. The predicted molar refractivity (Wildman–Crippen MR) is 58.4 cm³/mol. The first-order chi connectivity index (χ1) is 7.65. The van der Waals surface area contributed by atoms with E-state index in [-0.39, 0.29) is 5.69 Å². The molecule has 0 bridgehead atoms. The van der Waals surface area contributed by atoms with Crippen LogP contribution in [0.25, 0.3) is 5.57 Å². The van der Waals surface area contributed by atoms with Crippen molar-refractivity contribution in [3.8, 4) is 5.75 Å². The number of carboxylic acids is 1. The fourth-order valence-corrected chi connectivity index (χ4v) is 1.54. The highest BCUT2D eigenvalue weighted by Crippen LogP contribution is 2.26. The molecular formula is C10H10ClNO4. The van der Waals surface area contributed by atoms with Crippen LogP contribution in [-0.4, -0.2) is 34.6 Å². The van der Waals surface area contributed by atoms with Gasteiger partial charge >= 0.3 is 5.97 Å². The van der Waals surface area contributed by atoms with Gasteiger partial charge in [-0.2, -0.15) is 0 Å². The minimum Gasteiger partial charge on any atom is -0.494 e. The molecule has 0 radical (unpaired) electrons. The molecular weight excluding hydrogens is 234 g/mol. The molecule has 5 nitrogen and oxygen atoms in total. The maximum Gasteiger partial charge on any atom is 0.349 e. The number of aromatic nitrogens is 1. The molecule has 1 heterocycles. The van der Waals surface area contributed by atoms with E-state index in [1.54, 1.807) is 16.8 Å². The SMILES string of the molecule is COc1ccn(CCCl)c1C(=C=O)C(=O)O. The predicted octanol–water partition coefficient (Wildman–Crippen LogP) is 1.04. The number of nitrogens with zero attached hydrogens (tertiary/aromatic N) is 1. The second-order valence-electron chi connectivity index (χ2n) is 2.90. The lowest BCUT2D eigenvalue weighted by atomic mass is 10.2. The Kier molecular flexibility index (Phi) is 4.17. The van der Waals surface area contributed by atoms with Gasteiger partial charge in [-0.3, -0.25) is 0 Å². The summed E-state index contributed by atoms with van der Waals surface area (Å²) in [5, 5.41) is 8.86. The number of aliphatic carboxylic acids is 1. The lowest BCUT2D eigenvalue weighted by Gasteiger charge is -2.07. The van der Waals surface area contributed by atoms with E-state index in [0.717, 1.165) is 0 Å². The molecule has 1 N–H and O–H groups in total. The van der Waals surface area contributed by atoms with Gasteiger partial charge < -0.3 is 14.4 Å². The van der Waals surface area contributed by atoms with E-state index >= 15 is 0 Å². The Balaban J connectivity index is 3.32. The van der Waals surface area contributed by atoms with Crippen molar-refractivity contribution in [1.29, 1.82) is 0 Å².